The topological polar surface area (TPSA) is 132 Å². The maximum Gasteiger partial charge on any atom is 0.417 e. The Bertz CT molecular complexity index is 2730. The molecule has 4 fully saturated rings. The first kappa shape index (κ1) is 52.1. The first-order chi connectivity index (χ1) is 31.8. The van der Waals surface area contributed by atoms with E-state index in [2.05, 4.69) is 0 Å². The van der Waals surface area contributed by atoms with E-state index in [1.165, 1.54) is 31.0 Å². The van der Waals surface area contributed by atoms with Crippen molar-refractivity contribution < 1.29 is 54.9 Å². The fourth-order valence-corrected chi connectivity index (χ4v) is 8.88. The van der Waals surface area contributed by atoms with Gasteiger partial charge in [-0.1, -0.05) is 7.43 Å². The number of rotatable bonds is 10. The van der Waals surface area contributed by atoms with Crippen molar-refractivity contribution in [2.24, 2.45) is 5.92 Å². The number of halogens is 6. The van der Waals surface area contributed by atoms with Crippen molar-refractivity contribution in [1.82, 2.24) is 0 Å². The Morgan fingerprint density at radius 1 is 0.638 bits per heavy atom. The number of hydrogen-bond donors (Lipinski definition) is 0. The van der Waals surface area contributed by atoms with E-state index in [1.54, 1.807) is 92.1 Å². The van der Waals surface area contributed by atoms with Gasteiger partial charge in [0, 0.05) is 11.4 Å². The highest BCUT2D eigenvalue weighted by atomic mass is 32.1. The fraction of sp³-hybridized carbons (Fsp3) is 0.388. The lowest BCUT2D eigenvalue weighted by molar-refractivity contribution is -0.141. The molecular weight excluding hydrogens is 947 g/mol. The Morgan fingerprint density at radius 3 is 1.35 bits per heavy atom. The highest BCUT2D eigenvalue weighted by molar-refractivity contribution is 7.81. The quantitative estimate of drug-likeness (QED) is 0.111. The molecule has 0 unspecified atom stereocenters. The van der Waals surface area contributed by atoms with Crippen molar-refractivity contribution in [3.8, 4) is 23.6 Å². The Kier molecular flexibility index (Phi) is 14.5. The summed E-state index contributed by atoms with van der Waals surface area (Å²) in [6, 6.07) is 23.3. The van der Waals surface area contributed by atoms with Gasteiger partial charge in [-0.25, -0.2) is 0 Å². The Balaban J connectivity index is 0.000000225. The molecule has 0 aromatic heterocycles. The first-order valence-electron chi connectivity index (χ1n) is 21.2. The monoisotopic (exact) mass is 994 g/mol. The Morgan fingerprint density at radius 2 is 1.01 bits per heavy atom. The number of carbonyl (C=O) groups excluding carboxylic acids is 2. The van der Waals surface area contributed by atoms with Gasteiger partial charge in [-0.3, -0.25) is 19.4 Å². The zero-order valence-corrected chi connectivity index (χ0v) is 39.1. The molecule has 2 amide bonds. The lowest BCUT2D eigenvalue weighted by atomic mass is 10.0. The van der Waals surface area contributed by atoms with Crippen LogP contribution in [0.25, 0.3) is 0 Å². The predicted molar refractivity (Wildman–Crippen MR) is 254 cm³/mol. The summed E-state index contributed by atoms with van der Waals surface area (Å²) < 4.78 is 104. The summed E-state index contributed by atoms with van der Waals surface area (Å²) in [6.45, 7) is 11.6. The highest BCUT2D eigenvalue weighted by Crippen LogP contribution is 2.42. The van der Waals surface area contributed by atoms with Crippen molar-refractivity contribution in [1.29, 1.82) is 10.5 Å². The smallest absolute Gasteiger partial charge is 0.417 e. The first-order valence-corrected chi connectivity index (χ1v) is 22.0. The lowest BCUT2D eigenvalue weighted by Crippen LogP contribution is -2.44. The number of amides is 2. The van der Waals surface area contributed by atoms with Crippen LogP contribution >= 0.6 is 24.4 Å². The van der Waals surface area contributed by atoms with E-state index < -0.39 is 63.3 Å². The minimum Gasteiger partial charge on any atom is -0.493 e. The maximum atomic E-state index is 13.5. The van der Waals surface area contributed by atoms with Gasteiger partial charge in [0.1, 0.15) is 35.3 Å². The van der Waals surface area contributed by atoms with Crippen molar-refractivity contribution >= 4 is 69.2 Å². The van der Waals surface area contributed by atoms with Crippen LogP contribution in [0.3, 0.4) is 0 Å². The molecule has 4 aliphatic rings. The van der Waals surface area contributed by atoms with Crippen LogP contribution in [-0.4, -0.2) is 64.8 Å². The van der Waals surface area contributed by atoms with Crippen LogP contribution in [0.1, 0.15) is 84.1 Å². The van der Waals surface area contributed by atoms with Gasteiger partial charge in [-0.15, -0.1) is 0 Å². The zero-order chi connectivity index (χ0) is 49.7. The third kappa shape index (κ3) is 10.6. The van der Waals surface area contributed by atoms with Gasteiger partial charge in [-0.2, -0.15) is 36.9 Å². The Labute approximate surface area is 406 Å². The molecule has 1 saturated carbocycles. The normalized spacial score (nSPS) is 19.4. The molecule has 12 nitrogen and oxygen atoms in total. The summed E-state index contributed by atoms with van der Waals surface area (Å²) in [5.74, 6) is 0.276. The molecule has 8 rings (SSSR count). The number of alkyl halides is 6. The summed E-state index contributed by atoms with van der Waals surface area (Å²) in [6.07, 6.45) is -7.35. The van der Waals surface area contributed by atoms with Gasteiger partial charge < -0.3 is 28.7 Å². The molecule has 20 heteroatoms. The van der Waals surface area contributed by atoms with Crippen LogP contribution in [0.5, 0.6) is 11.5 Å². The number of hydrogen-bond acceptors (Lipinski definition) is 10. The average Bonchev–Trinajstić information content (AvgIpc) is 3.97. The largest absolute Gasteiger partial charge is 0.493 e. The molecule has 3 heterocycles. The molecule has 364 valence electrons. The molecule has 0 radical (unpaired) electrons. The van der Waals surface area contributed by atoms with E-state index >= 15 is 0 Å². The number of nitrogens with zero attached hydrogens (tertiary/aromatic N) is 6. The van der Waals surface area contributed by atoms with E-state index in [9.17, 15) is 35.9 Å². The van der Waals surface area contributed by atoms with Crippen LogP contribution in [0.4, 0.5) is 49.1 Å². The van der Waals surface area contributed by atoms with E-state index in [1.807, 2.05) is 13.8 Å². The van der Waals surface area contributed by atoms with Gasteiger partial charge in [0.2, 0.25) is 0 Å². The van der Waals surface area contributed by atoms with Gasteiger partial charge >= 0.3 is 12.4 Å². The van der Waals surface area contributed by atoms with Crippen molar-refractivity contribution in [2.45, 2.75) is 97.1 Å². The van der Waals surface area contributed by atoms with Crippen LogP contribution < -0.4 is 29.1 Å². The molecule has 3 aliphatic heterocycles. The summed E-state index contributed by atoms with van der Waals surface area (Å²) in [7, 11) is 0. The molecular formula is C49H48F6N6O6S2. The number of anilines is 4. The average molecular weight is 995 g/mol. The zero-order valence-electron chi connectivity index (χ0n) is 37.5. The van der Waals surface area contributed by atoms with E-state index in [0.717, 1.165) is 34.1 Å². The molecule has 4 aromatic carbocycles. The number of ether oxygens (including phenoxy) is 4. The second-order valence-electron chi connectivity index (χ2n) is 17.8. The molecule has 4 aromatic rings. The third-order valence-electron chi connectivity index (χ3n) is 11.6. The summed E-state index contributed by atoms with van der Waals surface area (Å²) >= 11 is 11.1. The SMILES string of the molecule is C.CC1(C)C(=O)N(c2ccc(C#N)c(C(F)(F)F)c2)C(=S)N1c1ccc(OCC2CC2)cc1.CC1(C)OC[C@H](COc2ccc(N3C(=S)N(c4ccc(C#N)c(C(F)(F)F)c4)C(=O)C3(C)C)cc2)O1. The second-order valence-corrected chi connectivity index (χ2v) is 18.5. The molecule has 1 atom stereocenters. The number of nitriles is 2. The van der Waals surface area contributed by atoms with E-state index in [-0.39, 0.29) is 35.1 Å². The number of thiocarbonyl (C=S) groups is 2. The molecule has 0 spiro atoms. The van der Waals surface area contributed by atoms with Crippen LogP contribution in [0.2, 0.25) is 0 Å². The molecule has 1 aliphatic carbocycles. The van der Waals surface area contributed by atoms with Gasteiger partial charge in [0.15, 0.2) is 16.0 Å². The van der Waals surface area contributed by atoms with Crippen LogP contribution in [-0.2, 0) is 31.4 Å². The maximum absolute atomic E-state index is 13.5. The van der Waals surface area contributed by atoms with E-state index in [4.69, 9.17) is 53.9 Å². The number of carbonyl (C=O) groups is 2. The molecule has 0 bridgehead atoms. The second kappa shape index (κ2) is 19.2. The molecule has 0 N–H and O–H groups in total. The minimum atomic E-state index is -4.76. The summed E-state index contributed by atoms with van der Waals surface area (Å²) in [4.78, 5) is 31.9. The number of benzene rings is 4. The van der Waals surface area contributed by atoms with Crippen LogP contribution in [0, 0.1) is 28.6 Å². The minimum absolute atomic E-state index is 0. The van der Waals surface area contributed by atoms with Crippen molar-refractivity contribution in [3.63, 3.8) is 0 Å². The predicted octanol–water partition coefficient (Wildman–Crippen LogP) is 10.9. The van der Waals surface area contributed by atoms with Crippen molar-refractivity contribution in [3.05, 3.63) is 107 Å². The molecule has 3 saturated heterocycles. The van der Waals surface area contributed by atoms with Gasteiger partial charge in [-0.05, 0) is 170 Å². The van der Waals surface area contributed by atoms with Gasteiger partial charge in [0.05, 0.1) is 59.0 Å². The Hall–Kier alpha value is -6.32. The van der Waals surface area contributed by atoms with Crippen molar-refractivity contribution in [2.75, 3.05) is 39.4 Å². The highest BCUT2D eigenvalue weighted by Gasteiger charge is 2.52. The van der Waals surface area contributed by atoms with E-state index in [0.29, 0.717) is 48.6 Å². The van der Waals surface area contributed by atoms with Gasteiger partial charge in [0.25, 0.3) is 11.8 Å². The summed E-state index contributed by atoms with van der Waals surface area (Å²) in [5.41, 5.74) is -4.49. The third-order valence-corrected chi connectivity index (χ3v) is 12.3. The summed E-state index contributed by atoms with van der Waals surface area (Å²) in [5, 5.41) is 18.2. The van der Waals surface area contributed by atoms with Crippen LogP contribution in [0.15, 0.2) is 84.9 Å². The fourth-order valence-electron chi connectivity index (χ4n) is 7.83. The standard InChI is InChI=1S/C25H24F3N3O4S.C23H20F3N3O2S.CH4/c1-23(2)21(32)30(17-6-5-15(12-29)20(11-17)25(26,27)28)22(36)31(23)16-7-9-18(10-8-16)33-13-19-14-34-24(3,4)35-19;1-22(2)20(30)28(17-6-5-15(12-27)19(11-17)23(24,25)26)21(32)29(22)16-7-9-18(10-8-16)31-13-14-3-4-14;/h5-11,19H,13-14H2,1-4H3;5-11,14H,3-4,13H2,1-2H3;1H4/t19-;;/m0../s1. The lowest BCUT2D eigenvalue weighted by Gasteiger charge is -2.29. The molecule has 69 heavy (non-hydrogen) atoms.